The number of ether oxygens (including phenoxy) is 1. The highest BCUT2D eigenvalue weighted by Crippen LogP contribution is 2.26. The molecule has 0 aliphatic heterocycles. The lowest BCUT2D eigenvalue weighted by atomic mass is 10.3. The lowest BCUT2D eigenvalue weighted by molar-refractivity contribution is 0.0992. The van der Waals surface area contributed by atoms with E-state index < -0.39 is 21.7 Å². The Morgan fingerprint density at radius 3 is 2.39 bits per heavy atom. The number of hydrogen-bond acceptors (Lipinski definition) is 7. The first kappa shape index (κ1) is 25.1. The minimum absolute atomic E-state index is 0.0177. The van der Waals surface area contributed by atoms with Gasteiger partial charge in [-0.05, 0) is 74.5 Å². The molecule has 2 N–H and O–H groups in total. The quantitative estimate of drug-likeness (QED) is 0.324. The zero-order valence-corrected chi connectivity index (χ0v) is 20.7. The number of halogens is 2. The summed E-state index contributed by atoms with van der Waals surface area (Å²) < 4.78 is 51.8. The second kappa shape index (κ2) is 10.3. The highest BCUT2D eigenvalue weighted by Gasteiger charge is 2.17. The molecule has 0 aliphatic carbocycles. The molecule has 4 aromatic rings. The van der Waals surface area contributed by atoms with Crippen LogP contribution < -0.4 is 14.8 Å². The molecule has 0 saturated carbocycles. The fourth-order valence-corrected chi connectivity index (χ4v) is 4.35. The summed E-state index contributed by atoms with van der Waals surface area (Å²) in [5.41, 5.74) is 1.62. The summed E-state index contributed by atoms with van der Waals surface area (Å²) in [4.78, 5) is 20.6. The van der Waals surface area contributed by atoms with Gasteiger partial charge in [0.1, 0.15) is 23.9 Å². The van der Waals surface area contributed by atoms with Crippen molar-refractivity contribution >= 4 is 39.2 Å². The molecule has 0 spiro atoms. The van der Waals surface area contributed by atoms with E-state index in [0.29, 0.717) is 22.8 Å². The van der Waals surface area contributed by atoms with Crippen molar-refractivity contribution in [1.29, 1.82) is 0 Å². The van der Waals surface area contributed by atoms with Gasteiger partial charge in [0.05, 0.1) is 9.92 Å². The van der Waals surface area contributed by atoms with Crippen molar-refractivity contribution in [2.45, 2.75) is 25.3 Å². The Kier molecular flexibility index (Phi) is 7.22. The van der Waals surface area contributed by atoms with Crippen LogP contribution in [0.4, 0.5) is 16.0 Å². The summed E-state index contributed by atoms with van der Waals surface area (Å²) in [5.74, 6) is -0.413. The summed E-state index contributed by atoms with van der Waals surface area (Å²) in [7, 11) is -3.93. The van der Waals surface area contributed by atoms with E-state index in [-0.39, 0.29) is 34.0 Å². The number of furan rings is 1. The number of anilines is 2. The molecule has 9 nitrogen and oxygen atoms in total. The first-order valence-electron chi connectivity index (χ1n) is 10.5. The van der Waals surface area contributed by atoms with E-state index in [4.69, 9.17) is 20.8 Å². The average Bonchev–Trinajstić information content (AvgIpc) is 3.27. The Balaban J connectivity index is 1.37. The van der Waals surface area contributed by atoms with E-state index in [0.717, 1.165) is 6.07 Å². The minimum Gasteiger partial charge on any atom is -0.484 e. The third kappa shape index (κ3) is 6.18. The van der Waals surface area contributed by atoms with Crippen LogP contribution >= 0.6 is 11.6 Å². The van der Waals surface area contributed by atoms with Crippen LogP contribution in [-0.2, 0) is 16.6 Å². The standard InChI is InChI=1S/C24H20ClFN4O5S/c1-14-11-15(2)28-24(27-14)30-36(32,33)19-7-4-17(5-8-19)29-23(31)22-10-6-18(35-22)13-34-21-9-3-16(26)12-20(21)25/h3-12H,13H2,1-2H3,(H,29,31)(H,27,28,30). The lowest BCUT2D eigenvalue weighted by Crippen LogP contribution is -2.16. The van der Waals surface area contributed by atoms with Crippen LogP contribution in [-0.4, -0.2) is 24.3 Å². The van der Waals surface area contributed by atoms with Gasteiger partial charge in [-0.15, -0.1) is 0 Å². The molecule has 0 radical (unpaired) electrons. The van der Waals surface area contributed by atoms with Gasteiger partial charge in [-0.3, -0.25) is 4.79 Å². The van der Waals surface area contributed by atoms with Gasteiger partial charge >= 0.3 is 0 Å². The van der Waals surface area contributed by atoms with E-state index in [9.17, 15) is 17.6 Å². The summed E-state index contributed by atoms with van der Waals surface area (Å²) in [6.07, 6.45) is 0. The smallest absolute Gasteiger partial charge is 0.291 e. The van der Waals surface area contributed by atoms with Gasteiger partial charge in [0.2, 0.25) is 5.95 Å². The van der Waals surface area contributed by atoms with E-state index >= 15 is 0 Å². The molecule has 12 heteroatoms. The molecular formula is C24H20ClFN4O5S. The van der Waals surface area contributed by atoms with Crippen molar-refractivity contribution in [2.24, 2.45) is 0 Å². The lowest BCUT2D eigenvalue weighted by Gasteiger charge is -2.09. The number of benzene rings is 2. The molecule has 0 saturated heterocycles. The second-order valence-corrected chi connectivity index (χ2v) is 9.78. The number of hydrogen-bond donors (Lipinski definition) is 2. The van der Waals surface area contributed by atoms with Crippen LogP contribution in [0.1, 0.15) is 27.7 Å². The molecule has 36 heavy (non-hydrogen) atoms. The fourth-order valence-electron chi connectivity index (χ4n) is 3.18. The third-order valence-corrected chi connectivity index (χ3v) is 6.42. The predicted octanol–water partition coefficient (Wildman–Crippen LogP) is 5.11. The van der Waals surface area contributed by atoms with Crippen LogP contribution in [0.3, 0.4) is 0 Å². The highest BCUT2D eigenvalue weighted by atomic mass is 35.5. The number of aryl methyl sites for hydroxylation is 2. The van der Waals surface area contributed by atoms with Crippen LogP contribution in [0.5, 0.6) is 5.75 Å². The van der Waals surface area contributed by atoms with Crippen molar-refractivity contribution in [3.63, 3.8) is 0 Å². The second-order valence-electron chi connectivity index (χ2n) is 7.69. The van der Waals surface area contributed by atoms with Gasteiger partial charge in [0, 0.05) is 17.1 Å². The number of nitrogens with zero attached hydrogens (tertiary/aromatic N) is 2. The summed E-state index contributed by atoms with van der Waals surface area (Å²) in [6, 6.07) is 14.1. The van der Waals surface area contributed by atoms with Crippen molar-refractivity contribution < 1.29 is 26.8 Å². The Bertz CT molecular complexity index is 1500. The summed E-state index contributed by atoms with van der Waals surface area (Å²) in [5, 5.41) is 2.74. The Morgan fingerprint density at radius 1 is 1.03 bits per heavy atom. The topological polar surface area (TPSA) is 123 Å². The van der Waals surface area contributed by atoms with E-state index in [1.807, 2.05) is 0 Å². The minimum atomic E-state index is -3.93. The molecule has 0 unspecified atom stereocenters. The van der Waals surface area contributed by atoms with Gasteiger partial charge < -0.3 is 14.5 Å². The zero-order chi connectivity index (χ0) is 25.9. The Hall–Kier alpha value is -3.96. The summed E-state index contributed by atoms with van der Waals surface area (Å²) in [6.45, 7) is 3.45. The SMILES string of the molecule is Cc1cc(C)nc(NS(=O)(=O)c2ccc(NC(=O)c3ccc(COc4ccc(F)cc4Cl)o3)cc2)n1. The number of nitrogens with one attached hydrogen (secondary N) is 2. The first-order valence-corrected chi connectivity index (χ1v) is 12.4. The largest absolute Gasteiger partial charge is 0.484 e. The molecular weight excluding hydrogens is 511 g/mol. The van der Waals surface area contributed by atoms with Crippen molar-refractivity contribution in [3.05, 3.63) is 94.4 Å². The number of amides is 1. The maximum Gasteiger partial charge on any atom is 0.291 e. The zero-order valence-electron chi connectivity index (χ0n) is 19.1. The molecule has 4 rings (SSSR count). The molecule has 0 aliphatic rings. The summed E-state index contributed by atoms with van der Waals surface area (Å²) >= 11 is 5.93. The maximum atomic E-state index is 13.1. The molecule has 1 amide bonds. The fraction of sp³-hybridized carbons (Fsp3) is 0.125. The predicted molar refractivity (Wildman–Crippen MR) is 131 cm³/mol. The number of carbonyl (C=O) groups excluding carboxylic acids is 1. The third-order valence-electron chi connectivity index (χ3n) is 4.78. The normalized spacial score (nSPS) is 11.2. The number of rotatable bonds is 8. The molecule has 2 heterocycles. The maximum absolute atomic E-state index is 13.1. The van der Waals surface area contributed by atoms with Gasteiger partial charge in [-0.1, -0.05) is 11.6 Å². The van der Waals surface area contributed by atoms with E-state index in [1.54, 1.807) is 26.0 Å². The van der Waals surface area contributed by atoms with Crippen molar-refractivity contribution in [1.82, 2.24) is 9.97 Å². The van der Waals surface area contributed by atoms with Crippen molar-refractivity contribution in [3.8, 4) is 5.75 Å². The first-order chi connectivity index (χ1) is 17.1. The van der Waals surface area contributed by atoms with Crippen LogP contribution in [0.15, 0.2) is 70.0 Å². The Labute approximate surface area is 211 Å². The number of carbonyl (C=O) groups is 1. The van der Waals surface area contributed by atoms with Gasteiger partial charge in [-0.25, -0.2) is 27.5 Å². The van der Waals surface area contributed by atoms with Crippen LogP contribution in [0, 0.1) is 19.7 Å². The van der Waals surface area contributed by atoms with Crippen LogP contribution in [0.25, 0.3) is 0 Å². The number of sulfonamides is 1. The van der Waals surface area contributed by atoms with Crippen LogP contribution in [0.2, 0.25) is 5.02 Å². The molecule has 0 fully saturated rings. The number of aromatic nitrogens is 2. The Morgan fingerprint density at radius 2 is 1.72 bits per heavy atom. The van der Waals surface area contributed by atoms with E-state index in [1.165, 1.54) is 42.5 Å². The van der Waals surface area contributed by atoms with Crippen molar-refractivity contribution in [2.75, 3.05) is 10.0 Å². The molecule has 2 aromatic heterocycles. The van der Waals surface area contributed by atoms with Gasteiger partial charge in [-0.2, -0.15) is 0 Å². The molecule has 0 bridgehead atoms. The highest BCUT2D eigenvalue weighted by molar-refractivity contribution is 7.92. The van der Waals surface area contributed by atoms with Gasteiger partial charge in [0.15, 0.2) is 5.76 Å². The molecule has 2 aromatic carbocycles. The monoisotopic (exact) mass is 530 g/mol. The molecule has 0 atom stereocenters. The van der Waals surface area contributed by atoms with Gasteiger partial charge in [0.25, 0.3) is 15.9 Å². The van der Waals surface area contributed by atoms with E-state index in [2.05, 4.69) is 20.0 Å². The average molecular weight is 531 g/mol. The molecule has 186 valence electrons.